The third kappa shape index (κ3) is 3.23. The Labute approximate surface area is 142 Å². The van der Waals surface area contributed by atoms with E-state index in [-0.39, 0.29) is 28.9 Å². The summed E-state index contributed by atoms with van der Waals surface area (Å²) in [4.78, 5) is 39.3. The van der Waals surface area contributed by atoms with Crippen molar-refractivity contribution in [2.75, 3.05) is 19.6 Å². The first-order valence-corrected chi connectivity index (χ1v) is 8.32. The van der Waals surface area contributed by atoms with Gasteiger partial charge < -0.3 is 15.1 Å². The molecule has 8 heteroatoms. The highest BCUT2D eigenvalue weighted by Crippen LogP contribution is 2.33. The Hall–Kier alpha value is -2.48. The van der Waals surface area contributed by atoms with E-state index >= 15 is 0 Å². The summed E-state index contributed by atoms with van der Waals surface area (Å²) in [5.41, 5.74) is 0.474. The van der Waals surface area contributed by atoms with Crippen molar-refractivity contribution in [3.63, 3.8) is 0 Å². The zero-order valence-electron chi connectivity index (χ0n) is 12.8. The van der Waals surface area contributed by atoms with Crippen molar-refractivity contribution in [3.8, 4) is 11.5 Å². The first-order chi connectivity index (χ1) is 11.5. The molecule has 2 N–H and O–H groups in total. The van der Waals surface area contributed by atoms with Gasteiger partial charge in [-0.2, -0.15) is 0 Å². The van der Waals surface area contributed by atoms with Crippen LogP contribution in [0.5, 0.6) is 11.5 Å². The highest BCUT2D eigenvalue weighted by atomic mass is 32.2. The number of aromatic hydroxyl groups is 2. The van der Waals surface area contributed by atoms with Gasteiger partial charge in [0, 0.05) is 13.1 Å². The highest BCUT2D eigenvalue weighted by Gasteiger charge is 2.37. The predicted octanol–water partition coefficient (Wildman–Crippen LogP) is 1.76. The maximum absolute atomic E-state index is 12.4. The lowest BCUT2D eigenvalue weighted by Gasteiger charge is -2.18. The van der Waals surface area contributed by atoms with E-state index in [4.69, 9.17) is 0 Å². The molecule has 7 nitrogen and oxygen atoms in total. The molecule has 0 radical (unpaired) electrons. The number of rotatable bonds is 3. The fourth-order valence-corrected chi connectivity index (χ4v) is 3.46. The van der Waals surface area contributed by atoms with Gasteiger partial charge in [0.1, 0.15) is 6.54 Å². The second kappa shape index (κ2) is 6.56. The molecule has 0 saturated carbocycles. The molecule has 126 valence electrons. The Morgan fingerprint density at radius 3 is 2.54 bits per heavy atom. The van der Waals surface area contributed by atoms with Crippen molar-refractivity contribution in [2.45, 2.75) is 12.8 Å². The molecule has 0 atom stereocenters. The minimum Gasteiger partial charge on any atom is -0.504 e. The van der Waals surface area contributed by atoms with Gasteiger partial charge in [-0.25, -0.2) is 0 Å². The van der Waals surface area contributed by atoms with Crippen molar-refractivity contribution in [1.82, 2.24) is 9.80 Å². The molecule has 3 amide bonds. The maximum atomic E-state index is 12.4. The molecule has 2 fully saturated rings. The van der Waals surface area contributed by atoms with E-state index in [0.717, 1.165) is 29.5 Å². The number of carbonyl (C=O) groups excluding carboxylic acids is 3. The zero-order chi connectivity index (χ0) is 17.3. The molecule has 0 bridgehead atoms. The summed E-state index contributed by atoms with van der Waals surface area (Å²) in [6.07, 6.45) is 3.33. The van der Waals surface area contributed by atoms with Crippen LogP contribution in [0.15, 0.2) is 23.1 Å². The molecule has 2 aliphatic rings. The van der Waals surface area contributed by atoms with Gasteiger partial charge in [0.2, 0.25) is 5.91 Å². The molecule has 0 spiro atoms. The average molecular weight is 348 g/mol. The quantitative estimate of drug-likeness (QED) is 0.638. The van der Waals surface area contributed by atoms with Crippen molar-refractivity contribution in [2.24, 2.45) is 0 Å². The van der Waals surface area contributed by atoms with E-state index in [1.807, 2.05) is 0 Å². The van der Waals surface area contributed by atoms with Gasteiger partial charge in [0.25, 0.3) is 11.1 Å². The zero-order valence-corrected chi connectivity index (χ0v) is 13.6. The molecule has 2 saturated heterocycles. The number of thioether (sulfide) groups is 1. The minimum absolute atomic E-state index is 0.180. The summed E-state index contributed by atoms with van der Waals surface area (Å²) in [6.45, 7) is 1.08. The van der Waals surface area contributed by atoms with E-state index in [1.165, 1.54) is 24.3 Å². The Morgan fingerprint density at radius 2 is 1.88 bits per heavy atom. The highest BCUT2D eigenvalue weighted by molar-refractivity contribution is 8.18. The van der Waals surface area contributed by atoms with Crippen LogP contribution >= 0.6 is 11.8 Å². The monoisotopic (exact) mass is 348 g/mol. The molecule has 3 rings (SSSR count). The molecule has 0 unspecified atom stereocenters. The predicted molar refractivity (Wildman–Crippen MR) is 88.3 cm³/mol. The number of benzene rings is 1. The van der Waals surface area contributed by atoms with Gasteiger partial charge in [0.15, 0.2) is 11.5 Å². The Bertz CT molecular complexity index is 740. The largest absolute Gasteiger partial charge is 0.504 e. The van der Waals surface area contributed by atoms with Crippen LogP contribution in [0.3, 0.4) is 0 Å². The van der Waals surface area contributed by atoms with Crippen LogP contribution in [0.2, 0.25) is 0 Å². The summed E-state index contributed by atoms with van der Waals surface area (Å²) in [5, 5.41) is 18.3. The molecule has 2 aliphatic heterocycles. The number of hydrogen-bond donors (Lipinski definition) is 2. The number of nitrogens with zero attached hydrogens (tertiary/aromatic N) is 2. The lowest BCUT2D eigenvalue weighted by atomic mass is 10.2. The van der Waals surface area contributed by atoms with Crippen LogP contribution in [0.4, 0.5) is 4.79 Å². The molecular weight excluding hydrogens is 332 g/mol. The van der Waals surface area contributed by atoms with Gasteiger partial charge in [-0.05, 0) is 48.4 Å². The third-order valence-corrected chi connectivity index (χ3v) is 4.83. The fourth-order valence-electron chi connectivity index (χ4n) is 2.62. The Kier molecular flexibility index (Phi) is 4.48. The topological polar surface area (TPSA) is 98.1 Å². The second-order valence-corrected chi connectivity index (χ2v) is 6.60. The summed E-state index contributed by atoms with van der Waals surface area (Å²) in [7, 11) is 0. The van der Waals surface area contributed by atoms with Gasteiger partial charge in [-0.15, -0.1) is 0 Å². The number of phenolic OH excluding ortho intramolecular Hbond substituents is 2. The normalized spacial score (nSPS) is 19.6. The van der Waals surface area contributed by atoms with Gasteiger partial charge in [-0.3, -0.25) is 19.3 Å². The lowest BCUT2D eigenvalue weighted by molar-refractivity contribution is -0.135. The molecule has 0 aromatic heterocycles. The summed E-state index contributed by atoms with van der Waals surface area (Å²) < 4.78 is 0. The van der Waals surface area contributed by atoms with Gasteiger partial charge >= 0.3 is 0 Å². The van der Waals surface area contributed by atoms with E-state index in [0.29, 0.717) is 18.7 Å². The average Bonchev–Trinajstić information content (AvgIpc) is 3.16. The molecular formula is C16H16N2O5S. The first kappa shape index (κ1) is 16.4. The smallest absolute Gasteiger partial charge is 0.294 e. The van der Waals surface area contributed by atoms with Crippen LogP contribution in [-0.2, 0) is 9.59 Å². The second-order valence-electron chi connectivity index (χ2n) is 5.60. The third-order valence-electron chi connectivity index (χ3n) is 3.92. The molecule has 0 aliphatic carbocycles. The molecule has 24 heavy (non-hydrogen) atoms. The van der Waals surface area contributed by atoms with Crippen LogP contribution in [0, 0.1) is 0 Å². The number of imide groups is 1. The van der Waals surface area contributed by atoms with E-state index < -0.39 is 11.1 Å². The molecule has 2 heterocycles. The van der Waals surface area contributed by atoms with E-state index in [2.05, 4.69) is 0 Å². The van der Waals surface area contributed by atoms with Crippen molar-refractivity contribution < 1.29 is 24.6 Å². The number of hydrogen-bond acceptors (Lipinski definition) is 6. The minimum atomic E-state index is -0.523. The SMILES string of the molecule is O=C(CN1C(=O)S/C(=C/c2ccc(O)c(O)c2)C1=O)N1CCCC1. The lowest BCUT2D eigenvalue weighted by Crippen LogP contribution is -2.40. The Balaban J connectivity index is 1.74. The molecule has 1 aromatic carbocycles. The summed E-state index contributed by atoms with van der Waals surface area (Å²) in [6, 6.07) is 4.10. The van der Waals surface area contributed by atoms with Crippen molar-refractivity contribution >= 4 is 34.9 Å². The van der Waals surface area contributed by atoms with Crippen LogP contribution < -0.4 is 0 Å². The van der Waals surface area contributed by atoms with Crippen molar-refractivity contribution in [3.05, 3.63) is 28.7 Å². The standard InChI is InChI=1S/C16H16N2O5S/c19-11-4-3-10(7-12(11)20)8-13-15(22)18(16(23)24-13)9-14(21)17-5-1-2-6-17/h3-4,7-8,19-20H,1-2,5-6,9H2/b13-8+. The number of amides is 3. The van der Waals surface area contributed by atoms with Crippen LogP contribution in [-0.4, -0.2) is 56.7 Å². The fraction of sp³-hybridized carbons (Fsp3) is 0.312. The van der Waals surface area contributed by atoms with E-state index in [9.17, 15) is 24.6 Å². The summed E-state index contributed by atoms with van der Waals surface area (Å²) >= 11 is 0.755. The summed E-state index contributed by atoms with van der Waals surface area (Å²) in [5.74, 6) is -1.33. The number of phenols is 2. The maximum Gasteiger partial charge on any atom is 0.294 e. The van der Waals surface area contributed by atoms with Crippen LogP contribution in [0.1, 0.15) is 18.4 Å². The number of carbonyl (C=O) groups is 3. The van der Waals surface area contributed by atoms with Crippen LogP contribution in [0.25, 0.3) is 6.08 Å². The molecule has 1 aromatic rings. The van der Waals surface area contributed by atoms with E-state index in [1.54, 1.807) is 4.90 Å². The number of likely N-dealkylation sites (tertiary alicyclic amines) is 1. The van der Waals surface area contributed by atoms with Gasteiger partial charge in [-0.1, -0.05) is 6.07 Å². The Morgan fingerprint density at radius 1 is 1.17 bits per heavy atom. The van der Waals surface area contributed by atoms with Gasteiger partial charge in [0.05, 0.1) is 4.91 Å². The first-order valence-electron chi connectivity index (χ1n) is 7.51. The van der Waals surface area contributed by atoms with Crippen molar-refractivity contribution in [1.29, 1.82) is 0 Å².